The molecule has 1 aliphatic heterocycles. The van der Waals surface area contributed by atoms with E-state index in [1.54, 1.807) is 60.7 Å². The van der Waals surface area contributed by atoms with Crippen LogP contribution in [0.1, 0.15) is 36.6 Å². The van der Waals surface area contributed by atoms with Gasteiger partial charge >= 0.3 is 0 Å². The first kappa shape index (κ1) is 24.0. The summed E-state index contributed by atoms with van der Waals surface area (Å²) in [4.78, 5) is 39.9. The number of carbonyl (C=O) groups is 3. The second-order valence-corrected chi connectivity index (χ2v) is 8.53. The predicted octanol–water partition coefficient (Wildman–Crippen LogP) is 3.98. The largest absolute Gasteiger partial charge is 0.378 e. The standard InChI is InChI=1S/C28H25N5O4/c34-26(20-3-9-24(10-4-20)32-28(36)22-17-29-30-18-22)19-1-7-23(8-2-19)31-27(35)21-5-11-25(12-6-21)33-13-15-37-16-14-33/h1-12,17-18H,13-16H2,(H,29,30)(H,31,35)(H,32,36). The summed E-state index contributed by atoms with van der Waals surface area (Å²) in [6, 6.07) is 20.9. The number of ketones is 1. The van der Waals surface area contributed by atoms with E-state index in [9.17, 15) is 14.4 Å². The number of hydrogen-bond acceptors (Lipinski definition) is 6. The van der Waals surface area contributed by atoms with Gasteiger partial charge in [-0.1, -0.05) is 0 Å². The number of benzene rings is 3. The average Bonchev–Trinajstić information content (AvgIpc) is 3.50. The van der Waals surface area contributed by atoms with E-state index in [1.807, 2.05) is 12.1 Å². The van der Waals surface area contributed by atoms with Crippen LogP contribution in [0.15, 0.2) is 85.2 Å². The maximum Gasteiger partial charge on any atom is 0.258 e. The lowest BCUT2D eigenvalue weighted by Gasteiger charge is -2.28. The van der Waals surface area contributed by atoms with Gasteiger partial charge in [-0.15, -0.1) is 0 Å². The number of aromatic amines is 1. The predicted molar refractivity (Wildman–Crippen MR) is 140 cm³/mol. The van der Waals surface area contributed by atoms with Crippen molar-refractivity contribution in [3.63, 3.8) is 0 Å². The van der Waals surface area contributed by atoms with Gasteiger partial charge in [0.25, 0.3) is 11.8 Å². The Kier molecular flexibility index (Phi) is 7.05. The summed E-state index contributed by atoms with van der Waals surface area (Å²) in [6.45, 7) is 3.08. The van der Waals surface area contributed by atoms with E-state index in [-0.39, 0.29) is 17.6 Å². The topological polar surface area (TPSA) is 116 Å². The van der Waals surface area contributed by atoms with Crippen LogP contribution in [0.5, 0.6) is 0 Å². The summed E-state index contributed by atoms with van der Waals surface area (Å²) >= 11 is 0. The van der Waals surface area contributed by atoms with Crippen molar-refractivity contribution in [2.45, 2.75) is 0 Å². The minimum Gasteiger partial charge on any atom is -0.378 e. The molecule has 4 aromatic rings. The number of nitrogens with zero attached hydrogens (tertiary/aromatic N) is 2. The van der Waals surface area contributed by atoms with Gasteiger partial charge in [0.05, 0.1) is 25.0 Å². The molecule has 1 saturated heterocycles. The Labute approximate surface area is 213 Å². The Morgan fingerprint density at radius 2 is 1.22 bits per heavy atom. The smallest absolute Gasteiger partial charge is 0.258 e. The summed E-state index contributed by atoms with van der Waals surface area (Å²) < 4.78 is 5.38. The van der Waals surface area contributed by atoms with Crippen molar-refractivity contribution in [1.29, 1.82) is 0 Å². The van der Waals surface area contributed by atoms with Crippen molar-refractivity contribution < 1.29 is 19.1 Å². The van der Waals surface area contributed by atoms with Crippen LogP contribution < -0.4 is 15.5 Å². The third kappa shape index (κ3) is 5.74. The SMILES string of the molecule is O=C(Nc1ccc(C(=O)c2ccc(NC(=O)c3cn[nH]c3)cc2)cc1)c1ccc(N2CCOCC2)cc1. The monoisotopic (exact) mass is 495 g/mol. The Bertz CT molecular complexity index is 1380. The first-order valence-corrected chi connectivity index (χ1v) is 11.9. The van der Waals surface area contributed by atoms with Crippen molar-refractivity contribution in [3.05, 3.63) is 107 Å². The fraction of sp³-hybridized carbons (Fsp3) is 0.143. The molecule has 0 radical (unpaired) electrons. The van der Waals surface area contributed by atoms with Gasteiger partial charge in [0, 0.05) is 53.0 Å². The number of H-pyrrole nitrogens is 1. The van der Waals surface area contributed by atoms with Crippen LogP contribution in [0.3, 0.4) is 0 Å². The highest BCUT2D eigenvalue weighted by Crippen LogP contribution is 2.19. The third-order valence-electron chi connectivity index (χ3n) is 6.08. The normalized spacial score (nSPS) is 13.1. The average molecular weight is 496 g/mol. The molecular formula is C28H25N5O4. The summed E-state index contributed by atoms with van der Waals surface area (Å²) in [7, 11) is 0. The van der Waals surface area contributed by atoms with Gasteiger partial charge in [-0.05, 0) is 72.8 Å². The molecule has 2 amide bonds. The van der Waals surface area contributed by atoms with E-state index in [0.717, 1.165) is 18.8 Å². The lowest BCUT2D eigenvalue weighted by atomic mass is 10.0. The van der Waals surface area contributed by atoms with Crippen LogP contribution in [0, 0.1) is 0 Å². The van der Waals surface area contributed by atoms with Crippen LogP contribution in [0.4, 0.5) is 17.1 Å². The van der Waals surface area contributed by atoms with Crippen LogP contribution >= 0.6 is 0 Å². The molecule has 0 spiro atoms. The number of anilines is 3. The van der Waals surface area contributed by atoms with Crippen molar-refractivity contribution in [1.82, 2.24) is 10.2 Å². The minimum atomic E-state index is -0.293. The van der Waals surface area contributed by atoms with Gasteiger partial charge in [-0.25, -0.2) is 0 Å². The number of nitrogens with one attached hydrogen (secondary N) is 3. The molecule has 0 atom stereocenters. The molecule has 3 aromatic carbocycles. The fourth-order valence-corrected chi connectivity index (χ4v) is 4.00. The van der Waals surface area contributed by atoms with Gasteiger partial charge in [-0.2, -0.15) is 5.10 Å². The second-order valence-electron chi connectivity index (χ2n) is 8.53. The van der Waals surface area contributed by atoms with Gasteiger partial charge in [0.2, 0.25) is 0 Å². The molecule has 9 heteroatoms. The van der Waals surface area contributed by atoms with Crippen LogP contribution in [0.25, 0.3) is 0 Å². The van der Waals surface area contributed by atoms with Crippen LogP contribution in [-0.4, -0.2) is 54.1 Å². The van der Waals surface area contributed by atoms with Gasteiger partial charge in [0.1, 0.15) is 0 Å². The highest BCUT2D eigenvalue weighted by Gasteiger charge is 2.14. The zero-order chi connectivity index (χ0) is 25.6. The number of amides is 2. The molecule has 5 rings (SSSR count). The summed E-state index contributed by atoms with van der Waals surface area (Å²) in [5.41, 5.74) is 4.17. The van der Waals surface area contributed by atoms with Crippen molar-refractivity contribution in [3.8, 4) is 0 Å². The van der Waals surface area contributed by atoms with E-state index in [2.05, 4.69) is 25.7 Å². The van der Waals surface area contributed by atoms with Crippen molar-refractivity contribution in [2.75, 3.05) is 41.8 Å². The van der Waals surface area contributed by atoms with Crippen molar-refractivity contribution >= 4 is 34.7 Å². The summed E-state index contributed by atoms with van der Waals surface area (Å²) in [6.07, 6.45) is 2.93. The molecule has 0 aliphatic carbocycles. The van der Waals surface area contributed by atoms with E-state index in [0.29, 0.717) is 46.8 Å². The molecule has 9 nitrogen and oxygen atoms in total. The first-order chi connectivity index (χ1) is 18.1. The van der Waals surface area contributed by atoms with Crippen molar-refractivity contribution in [2.24, 2.45) is 0 Å². The molecule has 37 heavy (non-hydrogen) atoms. The molecule has 0 saturated carbocycles. The molecule has 3 N–H and O–H groups in total. The quantitative estimate of drug-likeness (QED) is 0.334. The Morgan fingerprint density at radius 1 is 0.703 bits per heavy atom. The molecule has 2 heterocycles. The maximum absolute atomic E-state index is 12.9. The maximum atomic E-state index is 12.9. The van der Waals surface area contributed by atoms with E-state index >= 15 is 0 Å². The zero-order valence-electron chi connectivity index (χ0n) is 19.9. The second kappa shape index (κ2) is 10.9. The first-order valence-electron chi connectivity index (χ1n) is 11.9. The number of morpholine rings is 1. The molecule has 1 aliphatic rings. The van der Waals surface area contributed by atoms with Gasteiger partial charge in [-0.3, -0.25) is 19.5 Å². The molecular weight excluding hydrogens is 470 g/mol. The molecule has 1 fully saturated rings. The molecule has 0 unspecified atom stereocenters. The number of rotatable bonds is 7. The van der Waals surface area contributed by atoms with Crippen LogP contribution in [-0.2, 0) is 4.74 Å². The summed E-state index contributed by atoms with van der Waals surface area (Å²) in [5, 5.41) is 12.0. The van der Waals surface area contributed by atoms with E-state index < -0.39 is 0 Å². The number of ether oxygens (including phenoxy) is 1. The third-order valence-corrected chi connectivity index (χ3v) is 6.08. The molecule has 0 bridgehead atoms. The number of aromatic nitrogens is 2. The fourth-order valence-electron chi connectivity index (χ4n) is 4.00. The summed E-state index contributed by atoms with van der Waals surface area (Å²) in [5.74, 6) is -0.677. The number of hydrogen-bond donors (Lipinski definition) is 3. The Morgan fingerprint density at radius 3 is 1.73 bits per heavy atom. The van der Waals surface area contributed by atoms with E-state index in [1.165, 1.54) is 12.4 Å². The van der Waals surface area contributed by atoms with E-state index in [4.69, 9.17) is 4.74 Å². The highest BCUT2D eigenvalue weighted by molar-refractivity contribution is 6.10. The lowest BCUT2D eigenvalue weighted by Crippen LogP contribution is -2.36. The zero-order valence-corrected chi connectivity index (χ0v) is 19.9. The van der Waals surface area contributed by atoms with Gasteiger partial charge in [0.15, 0.2) is 5.78 Å². The Hall–Kier alpha value is -4.76. The molecule has 1 aromatic heterocycles. The number of carbonyl (C=O) groups excluding carboxylic acids is 3. The Balaban J connectivity index is 1.18. The minimum absolute atomic E-state index is 0.163. The van der Waals surface area contributed by atoms with Crippen LogP contribution in [0.2, 0.25) is 0 Å². The molecule has 186 valence electrons. The lowest BCUT2D eigenvalue weighted by molar-refractivity contribution is 0.101. The highest BCUT2D eigenvalue weighted by atomic mass is 16.5. The van der Waals surface area contributed by atoms with Gasteiger partial charge < -0.3 is 20.3 Å².